The summed E-state index contributed by atoms with van der Waals surface area (Å²) in [5.74, 6) is 0. The van der Waals surface area contributed by atoms with E-state index < -0.39 is 5.31 Å². The van der Waals surface area contributed by atoms with Crippen LogP contribution in [0.2, 0.25) is 6.55 Å². The minimum absolute atomic E-state index is 1.22. The van der Waals surface area contributed by atoms with E-state index in [9.17, 15) is 0 Å². The average Bonchev–Trinajstić information content (AvgIpc) is 1.78. The van der Waals surface area contributed by atoms with Crippen LogP contribution in [0.3, 0.4) is 0 Å². The lowest BCUT2D eigenvalue weighted by atomic mass is 10.2. The zero-order valence-corrected chi connectivity index (χ0v) is 10.7. The Labute approximate surface area is 80.3 Å². The van der Waals surface area contributed by atoms with Gasteiger partial charge in [-0.3, -0.25) is 0 Å². The van der Waals surface area contributed by atoms with Crippen molar-refractivity contribution in [2.45, 2.75) is 32.7 Å². The highest BCUT2D eigenvalue weighted by molar-refractivity contribution is 9.51. The SMILES string of the molecule is CCCC/C=C/[Si](C)(Br)Br. The van der Waals surface area contributed by atoms with E-state index in [1.165, 1.54) is 19.3 Å². The van der Waals surface area contributed by atoms with Crippen molar-refractivity contribution < 1.29 is 0 Å². The normalized spacial score (nSPS) is 12.8. The molecule has 0 aromatic rings. The van der Waals surface area contributed by atoms with Crippen molar-refractivity contribution >= 4 is 35.9 Å². The van der Waals surface area contributed by atoms with E-state index in [2.05, 4.69) is 55.8 Å². The molecular weight excluding hydrogens is 272 g/mol. The summed E-state index contributed by atoms with van der Waals surface area (Å²) >= 11 is 7.20. The van der Waals surface area contributed by atoms with Crippen LogP contribution in [-0.2, 0) is 0 Å². The summed E-state index contributed by atoms with van der Waals surface area (Å²) < 4.78 is 0. The van der Waals surface area contributed by atoms with Gasteiger partial charge < -0.3 is 0 Å². The summed E-state index contributed by atoms with van der Waals surface area (Å²) in [6.45, 7) is 4.42. The minimum atomic E-state index is -1.26. The van der Waals surface area contributed by atoms with Gasteiger partial charge in [-0.1, -0.05) is 31.5 Å². The standard InChI is InChI=1S/C7H14Br2Si/c1-3-4-5-6-7-10(2,8)9/h6-7H,3-5H2,1-2H3/b7-6+. The first-order valence-electron chi connectivity index (χ1n) is 3.62. The van der Waals surface area contributed by atoms with Gasteiger partial charge in [0, 0.05) is 0 Å². The first-order chi connectivity index (χ1) is 4.56. The molecule has 0 aromatic carbocycles. The topological polar surface area (TPSA) is 0 Å². The molecule has 60 valence electrons. The molecule has 0 bridgehead atoms. The second kappa shape index (κ2) is 5.55. The number of unbranched alkanes of at least 4 members (excludes halogenated alkanes) is 2. The van der Waals surface area contributed by atoms with Crippen LogP contribution in [0.15, 0.2) is 11.8 Å². The molecule has 0 radical (unpaired) electrons. The molecule has 0 nitrogen and oxygen atoms in total. The maximum Gasteiger partial charge on any atom is 0.220 e. The number of rotatable bonds is 4. The predicted molar refractivity (Wildman–Crippen MR) is 58.1 cm³/mol. The first kappa shape index (κ1) is 10.9. The molecule has 0 aliphatic heterocycles. The number of allylic oxidation sites excluding steroid dienone is 1. The maximum atomic E-state index is 3.60. The van der Waals surface area contributed by atoms with Crippen LogP contribution in [-0.4, -0.2) is 5.31 Å². The Morgan fingerprint density at radius 2 is 2.00 bits per heavy atom. The molecule has 0 amide bonds. The van der Waals surface area contributed by atoms with Gasteiger partial charge in [0.05, 0.1) is 0 Å². The first-order valence-corrected chi connectivity index (χ1v) is 10.7. The Morgan fingerprint density at radius 3 is 2.40 bits per heavy atom. The third-order valence-electron chi connectivity index (χ3n) is 1.13. The molecule has 3 heteroatoms. The molecule has 0 aliphatic rings. The summed E-state index contributed by atoms with van der Waals surface area (Å²) in [5.41, 5.74) is 2.27. The second-order valence-corrected chi connectivity index (χ2v) is 17.8. The van der Waals surface area contributed by atoms with Crippen molar-refractivity contribution in [3.63, 3.8) is 0 Å². The second-order valence-electron chi connectivity index (χ2n) is 2.50. The van der Waals surface area contributed by atoms with Crippen LogP contribution in [0.1, 0.15) is 26.2 Å². The highest BCUT2D eigenvalue weighted by Gasteiger charge is 2.12. The van der Waals surface area contributed by atoms with E-state index in [4.69, 9.17) is 0 Å². The van der Waals surface area contributed by atoms with Crippen molar-refractivity contribution in [3.05, 3.63) is 11.8 Å². The summed E-state index contributed by atoms with van der Waals surface area (Å²) in [4.78, 5) is 0. The Balaban J connectivity index is 3.37. The number of hydrogen-bond acceptors (Lipinski definition) is 0. The summed E-state index contributed by atoms with van der Waals surface area (Å²) in [6.07, 6.45) is 6.07. The highest BCUT2D eigenvalue weighted by atomic mass is 79.9. The van der Waals surface area contributed by atoms with E-state index in [-0.39, 0.29) is 0 Å². The van der Waals surface area contributed by atoms with Gasteiger partial charge in [0.2, 0.25) is 5.31 Å². The zero-order valence-electron chi connectivity index (χ0n) is 6.53. The van der Waals surface area contributed by atoms with Gasteiger partial charge in [-0.25, -0.2) is 0 Å². The van der Waals surface area contributed by atoms with Crippen LogP contribution in [0.4, 0.5) is 0 Å². The van der Waals surface area contributed by atoms with E-state index >= 15 is 0 Å². The summed E-state index contributed by atoms with van der Waals surface area (Å²) in [6, 6.07) is 0. The van der Waals surface area contributed by atoms with Crippen molar-refractivity contribution in [2.24, 2.45) is 0 Å². The van der Waals surface area contributed by atoms with Gasteiger partial charge in [0.15, 0.2) is 0 Å². The minimum Gasteiger partial charge on any atom is -0.106 e. The van der Waals surface area contributed by atoms with Crippen LogP contribution in [0.25, 0.3) is 0 Å². The molecule has 0 saturated carbocycles. The summed E-state index contributed by atoms with van der Waals surface area (Å²) in [5, 5.41) is -1.26. The quantitative estimate of drug-likeness (QED) is 0.414. The van der Waals surface area contributed by atoms with E-state index in [1.807, 2.05) is 0 Å². The maximum absolute atomic E-state index is 3.60. The predicted octanol–water partition coefficient (Wildman–Crippen LogP) is 4.13. The molecule has 0 aromatic heterocycles. The zero-order chi connectivity index (χ0) is 8.04. The molecule has 0 heterocycles. The van der Waals surface area contributed by atoms with Crippen molar-refractivity contribution in [1.82, 2.24) is 0 Å². The molecular formula is C7H14Br2Si. The van der Waals surface area contributed by atoms with Gasteiger partial charge in [0.1, 0.15) is 0 Å². The van der Waals surface area contributed by atoms with Gasteiger partial charge in [-0.2, -0.15) is 0 Å². The van der Waals surface area contributed by atoms with Gasteiger partial charge in [-0.05, 0) is 13.0 Å². The Kier molecular flexibility index (Phi) is 6.06. The van der Waals surface area contributed by atoms with Gasteiger partial charge in [0.25, 0.3) is 0 Å². The lowest BCUT2D eigenvalue weighted by Crippen LogP contribution is -2.04. The van der Waals surface area contributed by atoms with Crippen molar-refractivity contribution in [1.29, 1.82) is 0 Å². The molecule has 10 heavy (non-hydrogen) atoms. The summed E-state index contributed by atoms with van der Waals surface area (Å²) in [7, 11) is 0. The monoisotopic (exact) mass is 284 g/mol. The van der Waals surface area contributed by atoms with Crippen LogP contribution < -0.4 is 0 Å². The smallest absolute Gasteiger partial charge is 0.106 e. The van der Waals surface area contributed by atoms with E-state index in [1.54, 1.807) is 0 Å². The number of hydrogen-bond donors (Lipinski definition) is 0. The third kappa shape index (κ3) is 8.92. The fourth-order valence-electron chi connectivity index (χ4n) is 0.612. The number of halogens is 2. The van der Waals surface area contributed by atoms with E-state index in [0.29, 0.717) is 0 Å². The van der Waals surface area contributed by atoms with Crippen molar-refractivity contribution in [2.75, 3.05) is 0 Å². The van der Waals surface area contributed by atoms with Gasteiger partial charge in [-0.15, -0.1) is 30.6 Å². The average molecular weight is 286 g/mol. The molecule has 0 N–H and O–H groups in total. The highest BCUT2D eigenvalue weighted by Crippen LogP contribution is 2.20. The molecule has 0 saturated heterocycles. The van der Waals surface area contributed by atoms with Crippen LogP contribution in [0.5, 0.6) is 0 Å². The third-order valence-corrected chi connectivity index (χ3v) is 3.54. The van der Waals surface area contributed by atoms with Crippen LogP contribution in [0, 0.1) is 0 Å². The molecule has 0 fully saturated rings. The van der Waals surface area contributed by atoms with Crippen LogP contribution >= 0.6 is 30.6 Å². The fraction of sp³-hybridized carbons (Fsp3) is 0.714. The molecule has 0 spiro atoms. The lowest BCUT2D eigenvalue weighted by molar-refractivity contribution is 0.815. The van der Waals surface area contributed by atoms with Gasteiger partial charge >= 0.3 is 0 Å². The molecule has 0 rings (SSSR count). The molecule has 0 aliphatic carbocycles. The fourth-order valence-corrected chi connectivity index (χ4v) is 2.31. The van der Waals surface area contributed by atoms with Crippen molar-refractivity contribution in [3.8, 4) is 0 Å². The molecule has 0 atom stereocenters. The Bertz CT molecular complexity index is 105. The largest absolute Gasteiger partial charge is 0.220 e. The van der Waals surface area contributed by atoms with E-state index in [0.717, 1.165) is 0 Å². The lowest BCUT2D eigenvalue weighted by Gasteiger charge is -2.01. The Hall–Kier alpha value is 0.917. The molecule has 0 unspecified atom stereocenters. The Morgan fingerprint density at radius 1 is 1.40 bits per heavy atom.